The van der Waals surface area contributed by atoms with E-state index in [1.54, 1.807) is 10.9 Å². The molecule has 0 unspecified atom stereocenters. The molecule has 0 bridgehead atoms. The average molecular weight is 467 g/mol. The number of hydrogen-bond donors (Lipinski definition) is 2. The fourth-order valence-corrected chi connectivity index (χ4v) is 2.01. The molecule has 0 spiro atoms. The van der Waals surface area contributed by atoms with Gasteiger partial charge in [0.15, 0.2) is 5.96 Å². The number of nitrogens with zero attached hydrogens (tertiary/aromatic N) is 3. The largest absolute Gasteiger partial charge is 0.390 e. The molecule has 138 valence electrons. The molecule has 0 aliphatic carbocycles. The molecule has 0 radical (unpaired) electrons. The van der Waals surface area contributed by atoms with Crippen LogP contribution in [-0.2, 0) is 6.54 Å². The maximum absolute atomic E-state index is 12.2. The molecular weight excluding hydrogens is 446 g/mol. The zero-order valence-corrected chi connectivity index (χ0v) is 16.1. The molecule has 1 heterocycles. The lowest BCUT2D eigenvalue weighted by atomic mass is 10.2. The molecule has 0 saturated carbocycles. The number of hydrogen-bond acceptors (Lipinski definition) is 2. The Bertz CT molecular complexity index is 639. The molecule has 1 aromatic heterocycles. The van der Waals surface area contributed by atoms with E-state index < -0.39 is 12.6 Å². The third kappa shape index (κ3) is 7.76. The van der Waals surface area contributed by atoms with Gasteiger partial charge in [-0.05, 0) is 30.7 Å². The Morgan fingerprint density at radius 1 is 1.20 bits per heavy atom. The fraction of sp³-hybridized carbons (Fsp3) is 0.375. The summed E-state index contributed by atoms with van der Waals surface area (Å²) in [5, 5.41) is 9.76. The van der Waals surface area contributed by atoms with Gasteiger partial charge in [-0.3, -0.25) is 0 Å². The fourth-order valence-electron chi connectivity index (χ4n) is 2.01. The normalized spacial score (nSPS) is 11.8. The van der Waals surface area contributed by atoms with Crippen LogP contribution in [0.5, 0.6) is 0 Å². The standard InChI is InChI=1S/C16H20F3N5.HI/c1-2-20-15(21-10-8-16(17,18)19)22-12-13-4-6-14(7-5-13)24-11-3-9-23-24;/h3-7,9,11H,2,8,10,12H2,1H3,(H2,20,21,22);1H. The highest BCUT2D eigenvalue weighted by atomic mass is 127. The molecule has 0 atom stereocenters. The molecule has 5 nitrogen and oxygen atoms in total. The number of aromatic nitrogens is 2. The van der Waals surface area contributed by atoms with Crippen LogP contribution in [0.4, 0.5) is 13.2 Å². The van der Waals surface area contributed by atoms with E-state index in [-0.39, 0.29) is 30.5 Å². The van der Waals surface area contributed by atoms with Gasteiger partial charge < -0.3 is 10.6 Å². The van der Waals surface area contributed by atoms with Crippen molar-refractivity contribution in [2.75, 3.05) is 13.1 Å². The summed E-state index contributed by atoms with van der Waals surface area (Å²) in [7, 11) is 0. The Morgan fingerprint density at radius 2 is 1.92 bits per heavy atom. The Hall–Kier alpha value is -1.78. The first-order valence-electron chi connectivity index (χ1n) is 7.66. The number of guanidine groups is 1. The van der Waals surface area contributed by atoms with E-state index in [9.17, 15) is 13.2 Å². The molecule has 0 aliphatic rings. The van der Waals surface area contributed by atoms with Gasteiger partial charge in [-0.15, -0.1) is 24.0 Å². The quantitative estimate of drug-likeness (QED) is 0.389. The van der Waals surface area contributed by atoms with Crippen molar-refractivity contribution in [1.82, 2.24) is 20.4 Å². The summed E-state index contributed by atoms with van der Waals surface area (Å²) in [4.78, 5) is 4.30. The zero-order valence-electron chi connectivity index (χ0n) is 13.8. The summed E-state index contributed by atoms with van der Waals surface area (Å²) >= 11 is 0. The van der Waals surface area contributed by atoms with Gasteiger partial charge >= 0.3 is 6.18 Å². The number of benzene rings is 1. The van der Waals surface area contributed by atoms with Crippen molar-refractivity contribution in [3.63, 3.8) is 0 Å². The van der Waals surface area contributed by atoms with Crippen molar-refractivity contribution in [2.24, 2.45) is 4.99 Å². The van der Waals surface area contributed by atoms with Crippen LogP contribution in [0.15, 0.2) is 47.7 Å². The van der Waals surface area contributed by atoms with E-state index in [1.165, 1.54) is 0 Å². The molecule has 0 fully saturated rings. The van der Waals surface area contributed by atoms with Crippen molar-refractivity contribution >= 4 is 29.9 Å². The van der Waals surface area contributed by atoms with Crippen molar-refractivity contribution in [1.29, 1.82) is 0 Å². The average Bonchev–Trinajstić information content (AvgIpc) is 3.06. The Balaban J connectivity index is 0.00000312. The van der Waals surface area contributed by atoms with Gasteiger partial charge in [0.1, 0.15) is 0 Å². The molecule has 2 N–H and O–H groups in total. The van der Waals surface area contributed by atoms with Crippen LogP contribution in [0.3, 0.4) is 0 Å². The number of halogens is 4. The molecule has 0 aliphatic heterocycles. The third-order valence-electron chi connectivity index (χ3n) is 3.17. The minimum Gasteiger partial charge on any atom is -0.357 e. The third-order valence-corrected chi connectivity index (χ3v) is 3.17. The molecule has 9 heteroatoms. The zero-order chi connectivity index (χ0) is 17.4. The predicted molar refractivity (Wildman–Crippen MR) is 102 cm³/mol. The van der Waals surface area contributed by atoms with Gasteiger partial charge in [-0.2, -0.15) is 18.3 Å². The number of aliphatic imine (C=N–C) groups is 1. The first-order valence-corrected chi connectivity index (χ1v) is 7.66. The van der Waals surface area contributed by atoms with Crippen molar-refractivity contribution < 1.29 is 13.2 Å². The molecule has 0 saturated heterocycles. The summed E-state index contributed by atoms with van der Waals surface area (Å²) in [5.41, 5.74) is 1.89. The molecular formula is C16H21F3IN5. The summed E-state index contributed by atoms with van der Waals surface area (Å²) in [5.74, 6) is 0.373. The van der Waals surface area contributed by atoms with E-state index in [4.69, 9.17) is 0 Å². The lowest BCUT2D eigenvalue weighted by Crippen LogP contribution is -2.38. The monoisotopic (exact) mass is 467 g/mol. The summed E-state index contributed by atoms with van der Waals surface area (Å²) in [6, 6.07) is 9.51. The number of alkyl halides is 3. The smallest absolute Gasteiger partial charge is 0.357 e. The second-order valence-corrected chi connectivity index (χ2v) is 5.10. The highest BCUT2D eigenvalue weighted by molar-refractivity contribution is 14.0. The van der Waals surface area contributed by atoms with Crippen LogP contribution in [0.25, 0.3) is 5.69 Å². The van der Waals surface area contributed by atoms with Gasteiger partial charge in [0.25, 0.3) is 0 Å². The number of nitrogens with one attached hydrogen (secondary N) is 2. The van der Waals surface area contributed by atoms with Crippen LogP contribution in [0.2, 0.25) is 0 Å². The molecule has 2 aromatic rings. The van der Waals surface area contributed by atoms with Crippen LogP contribution >= 0.6 is 24.0 Å². The van der Waals surface area contributed by atoms with E-state index >= 15 is 0 Å². The second-order valence-electron chi connectivity index (χ2n) is 5.10. The lowest BCUT2D eigenvalue weighted by molar-refractivity contribution is -0.132. The van der Waals surface area contributed by atoms with Crippen LogP contribution in [0.1, 0.15) is 18.9 Å². The van der Waals surface area contributed by atoms with Gasteiger partial charge in [0, 0.05) is 25.5 Å². The summed E-state index contributed by atoms with van der Waals surface area (Å²) in [6.07, 6.45) is -1.52. The summed E-state index contributed by atoms with van der Waals surface area (Å²) < 4.78 is 38.3. The highest BCUT2D eigenvalue weighted by Gasteiger charge is 2.26. The Labute approximate surface area is 161 Å². The topological polar surface area (TPSA) is 54.2 Å². The predicted octanol–water partition coefficient (Wildman–Crippen LogP) is 3.50. The minimum atomic E-state index is -4.17. The van der Waals surface area contributed by atoms with Gasteiger partial charge in [-0.25, -0.2) is 9.67 Å². The maximum atomic E-state index is 12.2. The van der Waals surface area contributed by atoms with Gasteiger partial charge in [-0.1, -0.05) is 12.1 Å². The first-order chi connectivity index (χ1) is 11.5. The van der Waals surface area contributed by atoms with Crippen LogP contribution < -0.4 is 10.6 Å². The first kappa shape index (κ1) is 21.3. The Kier molecular flexibility index (Phi) is 8.73. The van der Waals surface area contributed by atoms with E-state index in [2.05, 4.69) is 20.7 Å². The van der Waals surface area contributed by atoms with Crippen molar-refractivity contribution in [3.8, 4) is 5.69 Å². The number of rotatable bonds is 6. The van der Waals surface area contributed by atoms with E-state index in [0.29, 0.717) is 19.0 Å². The maximum Gasteiger partial charge on any atom is 0.390 e. The second kappa shape index (κ2) is 10.3. The molecule has 25 heavy (non-hydrogen) atoms. The molecule has 1 aromatic carbocycles. The molecule has 0 amide bonds. The SMILES string of the molecule is CCNC(=NCc1ccc(-n2cccn2)cc1)NCCC(F)(F)F.I. The van der Waals surface area contributed by atoms with Crippen molar-refractivity contribution in [2.45, 2.75) is 26.1 Å². The summed E-state index contributed by atoms with van der Waals surface area (Å²) in [6.45, 7) is 2.62. The molecule has 2 rings (SSSR count). The van der Waals surface area contributed by atoms with Crippen LogP contribution in [-0.4, -0.2) is 35.0 Å². The lowest BCUT2D eigenvalue weighted by Gasteiger charge is -2.12. The Morgan fingerprint density at radius 3 is 2.48 bits per heavy atom. The highest BCUT2D eigenvalue weighted by Crippen LogP contribution is 2.18. The van der Waals surface area contributed by atoms with Crippen LogP contribution in [0, 0.1) is 0 Å². The van der Waals surface area contributed by atoms with Gasteiger partial charge in [0.2, 0.25) is 0 Å². The van der Waals surface area contributed by atoms with Crippen molar-refractivity contribution in [3.05, 3.63) is 48.3 Å². The van der Waals surface area contributed by atoms with E-state index in [0.717, 1.165) is 11.3 Å². The van der Waals surface area contributed by atoms with E-state index in [1.807, 2.05) is 43.5 Å². The van der Waals surface area contributed by atoms with Gasteiger partial charge in [0.05, 0.1) is 18.7 Å². The minimum absolute atomic E-state index is 0.